The number of methoxy groups -OCH3 is 3. The van der Waals surface area contributed by atoms with Crippen LogP contribution in [0.25, 0.3) is 21.8 Å². The smallest absolute Gasteiger partial charge is 0.329 e. The molecule has 1 saturated carbocycles. The van der Waals surface area contributed by atoms with E-state index in [-0.39, 0.29) is 65.7 Å². The Balaban J connectivity index is 1.13. The molecule has 1 amide bonds. The molecule has 19 heteroatoms. The van der Waals surface area contributed by atoms with Crippen LogP contribution in [0, 0.1) is 29.6 Å². The molecule has 2 saturated heterocycles. The summed E-state index contributed by atoms with van der Waals surface area (Å²) in [6.45, 7) is 37.1. The van der Waals surface area contributed by atoms with Gasteiger partial charge in [0.25, 0.3) is 11.7 Å². The number of piperidine rings is 1. The lowest BCUT2D eigenvalue weighted by atomic mass is 9.81. The third-order valence-corrected chi connectivity index (χ3v) is 31.2. The monoisotopic (exact) mass is 1340 g/mol. The van der Waals surface area contributed by atoms with E-state index in [0.29, 0.717) is 70.5 Å². The van der Waals surface area contributed by atoms with Crippen molar-refractivity contribution in [2.45, 2.75) is 258 Å². The first-order valence-electron chi connectivity index (χ1n) is 34.9. The van der Waals surface area contributed by atoms with Crippen molar-refractivity contribution in [3.05, 3.63) is 84.2 Å². The molecule has 2 aromatic heterocycles. The number of rotatable bonds is 18. The predicted octanol–water partition coefficient (Wildman–Crippen LogP) is 14.6. The molecule has 522 valence electrons. The molecule has 94 heavy (non-hydrogen) atoms. The molecular weight excluding hydrogens is 1220 g/mol. The number of carbonyl (C=O) groups excluding carboxylic acids is 4. The summed E-state index contributed by atoms with van der Waals surface area (Å²) in [6.07, 6.45) is 9.30. The van der Waals surface area contributed by atoms with Gasteiger partial charge in [-0.05, 0) is 180 Å². The van der Waals surface area contributed by atoms with Gasteiger partial charge in [0.05, 0.1) is 31.5 Å². The molecule has 5 heterocycles. The number of allylic oxidation sites excluding steroid dienone is 3. The maximum Gasteiger partial charge on any atom is 0.329 e. The Bertz CT molecular complexity index is 3300. The minimum absolute atomic E-state index is 0.00295. The second kappa shape index (κ2) is 31.3. The fraction of sp³-hybridized carbons (Fsp3) is 0.680. The van der Waals surface area contributed by atoms with E-state index in [1.807, 2.05) is 52.0 Å². The molecule has 3 aliphatic heterocycles. The third-order valence-electron chi connectivity index (χ3n) is 22.1. The Hall–Kier alpha value is -4.97. The van der Waals surface area contributed by atoms with Crippen molar-refractivity contribution in [2.75, 3.05) is 41.1 Å². The van der Waals surface area contributed by atoms with E-state index in [9.17, 15) is 14.7 Å². The van der Waals surface area contributed by atoms with Crippen molar-refractivity contribution in [2.24, 2.45) is 29.6 Å². The number of fused-ring (bicyclic) bond motifs is 5. The van der Waals surface area contributed by atoms with E-state index in [4.69, 9.17) is 42.0 Å². The maximum absolute atomic E-state index is 15.4. The standard InChI is InChI=1S/C75H115N3O14Si2/c1-20-54-40-48(2)39-49(3)41-66(85-14)69-67(86-15)43-51(5)75(83,92-69)70(80)71(81)78-32-22-21-23-61(78)72(82)91-68(52(6)64(47-62(54)79)90-58-26-28-60-56(46-58)31-34-77(60)36-38-88-94(18,19)74(10,11)12)50(4)42-53-24-29-63(65(44-53)84-13)89-57-25-27-59-55(45-57)30-33-76(59)35-37-87-93(16,17)73(7,8)9/h25-28,30-31,33-34,40,42,45-46,49,51-54,61,63-69,83H,20-24,29,32,35-39,41,43-44,47H2,1-19H3/b48-40+,50-42+/t49-,51+,52+,53-,54+,61-,63+,64-,65+,66-,67-,68+,69?,75+/m0/s1. The third kappa shape index (κ3) is 17.5. The van der Waals surface area contributed by atoms with E-state index in [2.05, 4.69) is 133 Å². The van der Waals surface area contributed by atoms with Crippen LogP contribution in [-0.4, -0.2) is 155 Å². The number of esters is 1. The maximum atomic E-state index is 15.4. The summed E-state index contributed by atoms with van der Waals surface area (Å²) in [5.74, 6) is -6.03. The molecule has 14 atom stereocenters. The molecular formula is C75H115N3O14Si2. The molecule has 1 N–H and O–H groups in total. The van der Waals surface area contributed by atoms with Gasteiger partial charge in [-0.15, -0.1) is 0 Å². The van der Waals surface area contributed by atoms with Crippen LogP contribution in [0.5, 0.6) is 11.5 Å². The number of aromatic nitrogens is 2. The Morgan fingerprint density at radius 2 is 1.26 bits per heavy atom. The molecule has 0 radical (unpaired) electrons. The minimum Gasteiger partial charge on any atom is -0.490 e. The van der Waals surface area contributed by atoms with Gasteiger partial charge in [0.2, 0.25) is 5.79 Å². The Kier molecular flexibility index (Phi) is 24.9. The van der Waals surface area contributed by atoms with E-state index >= 15 is 9.59 Å². The number of cyclic esters (lactones) is 1. The van der Waals surface area contributed by atoms with Crippen LogP contribution in [0.2, 0.25) is 36.3 Å². The van der Waals surface area contributed by atoms with E-state index in [1.165, 1.54) is 4.90 Å². The first-order chi connectivity index (χ1) is 44.2. The fourth-order valence-corrected chi connectivity index (χ4v) is 16.2. The van der Waals surface area contributed by atoms with Gasteiger partial charge in [-0.1, -0.05) is 87.0 Å². The molecule has 4 aromatic rings. The summed E-state index contributed by atoms with van der Waals surface area (Å²) in [4.78, 5) is 61.6. The van der Waals surface area contributed by atoms with Crippen molar-refractivity contribution in [3.63, 3.8) is 0 Å². The van der Waals surface area contributed by atoms with Gasteiger partial charge < -0.3 is 61.2 Å². The fourth-order valence-electron chi connectivity index (χ4n) is 14.1. The first kappa shape index (κ1) is 74.8. The van der Waals surface area contributed by atoms with E-state index < -0.39 is 94.4 Å². The Morgan fingerprint density at radius 1 is 0.702 bits per heavy atom. The largest absolute Gasteiger partial charge is 0.490 e. The number of carbonyl (C=O) groups is 4. The summed E-state index contributed by atoms with van der Waals surface area (Å²) in [6, 6.07) is 15.3. The molecule has 1 aliphatic carbocycles. The van der Waals surface area contributed by atoms with Crippen molar-refractivity contribution in [3.8, 4) is 11.5 Å². The SMILES string of the molecule is CC[C@@H]1/C=C(\C)C[C@H](C)C[C@H](OC)C2O[C@@](O)(C(=O)C(=O)N3CCCC[C@H]3C(=O)O[C@H](/C(C)=C/[C@@H]3CC[C@@H](Oc4ccc5c(ccn5CCO[Si](C)(C)C(C)(C)C)c4)[C@H](OC)C3)[C@H](C)[C@@H](Oc3ccc4c(ccn4CCO[Si](C)(C)C(C)(C)C)c3)CC1=O)[C@H](C)C[C@@H]2OC. The molecule has 4 aliphatic rings. The number of Topliss-reactive ketones (excluding diaryl/α,β-unsaturated/α-hetero) is 2. The van der Waals surface area contributed by atoms with Crippen molar-refractivity contribution >= 4 is 61.9 Å². The van der Waals surface area contributed by atoms with Gasteiger partial charge in [0.15, 0.2) is 16.6 Å². The second-order valence-corrected chi connectivity index (χ2v) is 40.6. The first-order valence-corrected chi connectivity index (χ1v) is 40.8. The van der Waals surface area contributed by atoms with Gasteiger partial charge >= 0.3 is 5.97 Å². The highest BCUT2D eigenvalue weighted by molar-refractivity contribution is 6.74. The predicted molar refractivity (Wildman–Crippen MR) is 375 cm³/mol. The zero-order valence-corrected chi connectivity index (χ0v) is 62.3. The highest BCUT2D eigenvalue weighted by Crippen LogP contribution is 2.42. The topological polar surface area (TPSA) is 185 Å². The molecule has 17 nitrogen and oxygen atoms in total. The van der Waals surface area contributed by atoms with Gasteiger partial charge in [-0.2, -0.15) is 0 Å². The summed E-state index contributed by atoms with van der Waals surface area (Å²) < 4.78 is 63.1. The lowest BCUT2D eigenvalue weighted by Crippen LogP contribution is -2.64. The van der Waals surface area contributed by atoms with Gasteiger partial charge in [-0.25, -0.2) is 4.79 Å². The average molecular weight is 1340 g/mol. The van der Waals surface area contributed by atoms with Crippen molar-refractivity contribution in [1.29, 1.82) is 0 Å². The molecule has 2 aromatic carbocycles. The zero-order chi connectivity index (χ0) is 68.8. The molecule has 0 spiro atoms. The van der Waals surface area contributed by atoms with Crippen LogP contribution in [0.15, 0.2) is 84.2 Å². The van der Waals surface area contributed by atoms with Crippen LogP contribution in [-0.2, 0) is 64.8 Å². The Morgan fingerprint density at radius 3 is 1.80 bits per heavy atom. The number of hydrogen-bond donors (Lipinski definition) is 1. The summed E-state index contributed by atoms with van der Waals surface area (Å²) in [7, 11) is 0.983. The van der Waals surface area contributed by atoms with Gasteiger partial charge in [0, 0.05) is 99.3 Å². The molecule has 3 fully saturated rings. The number of amides is 1. The van der Waals surface area contributed by atoms with Gasteiger partial charge in [0.1, 0.15) is 47.7 Å². The van der Waals surface area contributed by atoms with Crippen LogP contribution < -0.4 is 9.47 Å². The number of ketones is 2. The normalized spacial score (nSPS) is 30.4. The van der Waals surface area contributed by atoms with E-state index in [1.54, 1.807) is 28.3 Å². The zero-order valence-electron chi connectivity index (χ0n) is 60.3. The number of hydrogen-bond acceptors (Lipinski definition) is 14. The van der Waals surface area contributed by atoms with Crippen LogP contribution in [0.4, 0.5) is 0 Å². The van der Waals surface area contributed by atoms with Crippen molar-refractivity contribution in [1.82, 2.24) is 14.0 Å². The summed E-state index contributed by atoms with van der Waals surface area (Å²) >= 11 is 0. The number of ether oxygens (including phenoxy) is 7. The lowest BCUT2D eigenvalue weighted by molar-refractivity contribution is -0.302. The second-order valence-electron chi connectivity index (χ2n) is 31.0. The van der Waals surface area contributed by atoms with Gasteiger partial charge in [-0.3, -0.25) is 14.4 Å². The highest BCUT2D eigenvalue weighted by atomic mass is 28.4. The van der Waals surface area contributed by atoms with E-state index in [0.717, 1.165) is 51.7 Å². The number of aliphatic hydroxyl groups is 1. The van der Waals surface area contributed by atoms with Crippen molar-refractivity contribution < 1.29 is 66.3 Å². The van der Waals surface area contributed by atoms with Crippen LogP contribution in [0.3, 0.4) is 0 Å². The minimum atomic E-state index is -2.54. The Labute approximate surface area is 563 Å². The molecule has 1 unspecified atom stereocenters. The molecule has 8 rings (SSSR count). The van der Waals surface area contributed by atoms with Crippen LogP contribution >= 0.6 is 0 Å². The number of nitrogens with zero attached hydrogens (tertiary/aromatic N) is 3. The highest BCUT2D eigenvalue weighted by Gasteiger charge is 2.57. The van der Waals surface area contributed by atoms with Crippen LogP contribution in [0.1, 0.15) is 154 Å². The summed E-state index contributed by atoms with van der Waals surface area (Å²) in [5, 5.41) is 14.7. The lowest BCUT2D eigenvalue weighted by Gasteiger charge is -2.47. The molecule has 2 bridgehead atoms. The average Bonchev–Trinajstić information content (AvgIpc) is 0.853. The quantitative estimate of drug-likeness (QED) is 0.0429. The number of benzene rings is 2. The summed E-state index contributed by atoms with van der Waals surface area (Å²) in [5.41, 5.74) is 3.92.